The molecule has 3 nitrogen and oxygen atoms in total. The van der Waals surface area contributed by atoms with E-state index in [-0.39, 0.29) is 18.5 Å². The molecular formula is C7H14NO2. The molecule has 0 aliphatic carbocycles. The summed E-state index contributed by atoms with van der Waals surface area (Å²) in [7, 11) is 0. The lowest BCUT2D eigenvalue weighted by molar-refractivity contribution is -0.145. The molecule has 2 N–H and O–H groups in total. The molecule has 0 heterocycles. The van der Waals surface area contributed by atoms with E-state index in [9.17, 15) is 4.79 Å². The fourth-order valence-electron chi connectivity index (χ4n) is 0.469. The van der Waals surface area contributed by atoms with Gasteiger partial charge in [0.15, 0.2) is 0 Å². The highest BCUT2D eigenvalue weighted by molar-refractivity contribution is 5.75. The zero-order valence-electron chi connectivity index (χ0n) is 6.46. The van der Waals surface area contributed by atoms with E-state index < -0.39 is 6.04 Å². The number of ether oxygens (including phenoxy) is 1. The predicted molar refractivity (Wildman–Crippen MR) is 39.1 cm³/mol. The fourth-order valence-corrected chi connectivity index (χ4v) is 0.469. The smallest absolute Gasteiger partial charge is 0.323 e. The standard InChI is InChI=1S/C7H14NO2/c1-4-10-7(9)6(8)5(2)3/h5-6H,1,4,8H2,2-3H3. The van der Waals surface area contributed by atoms with E-state index in [0.717, 1.165) is 0 Å². The van der Waals surface area contributed by atoms with Gasteiger partial charge in [-0.3, -0.25) is 4.79 Å². The van der Waals surface area contributed by atoms with Crippen LogP contribution in [-0.4, -0.2) is 18.6 Å². The van der Waals surface area contributed by atoms with E-state index in [0.29, 0.717) is 0 Å². The van der Waals surface area contributed by atoms with Crippen molar-refractivity contribution < 1.29 is 9.53 Å². The maximum absolute atomic E-state index is 10.8. The van der Waals surface area contributed by atoms with Gasteiger partial charge in [-0.05, 0) is 12.8 Å². The van der Waals surface area contributed by atoms with Gasteiger partial charge in [-0.2, -0.15) is 0 Å². The van der Waals surface area contributed by atoms with Crippen LogP contribution in [0.1, 0.15) is 13.8 Å². The Kier molecular flexibility index (Phi) is 4.03. The highest BCUT2D eigenvalue weighted by Gasteiger charge is 2.17. The summed E-state index contributed by atoms with van der Waals surface area (Å²) in [4.78, 5) is 10.8. The van der Waals surface area contributed by atoms with Gasteiger partial charge in [-0.1, -0.05) is 13.8 Å². The first-order chi connectivity index (χ1) is 4.59. The van der Waals surface area contributed by atoms with Gasteiger partial charge in [0.2, 0.25) is 0 Å². The Bertz CT molecular complexity index is 112. The Morgan fingerprint density at radius 1 is 1.70 bits per heavy atom. The van der Waals surface area contributed by atoms with Gasteiger partial charge in [0.05, 0.1) is 6.61 Å². The molecule has 1 radical (unpaired) electrons. The van der Waals surface area contributed by atoms with Crippen LogP contribution in [0.25, 0.3) is 0 Å². The van der Waals surface area contributed by atoms with Crippen molar-refractivity contribution in [2.75, 3.05) is 6.61 Å². The molecule has 0 fully saturated rings. The topological polar surface area (TPSA) is 52.3 Å². The predicted octanol–water partition coefficient (Wildman–Crippen LogP) is 0.347. The molecule has 0 saturated heterocycles. The molecule has 1 unspecified atom stereocenters. The van der Waals surface area contributed by atoms with Crippen molar-refractivity contribution in [3.63, 3.8) is 0 Å². The average Bonchev–Trinajstić information content (AvgIpc) is 1.87. The molecule has 0 saturated carbocycles. The highest BCUT2D eigenvalue weighted by Crippen LogP contribution is 1.99. The quantitative estimate of drug-likeness (QED) is 0.581. The van der Waals surface area contributed by atoms with Crippen LogP contribution in [0.4, 0.5) is 0 Å². The number of nitrogens with two attached hydrogens (primary N) is 1. The van der Waals surface area contributed by atoms with Crippen molar-refractivity contribution in [3.05, 3.63) is 6.92 Å². The third-order valence-electron chi connectivity index (χ3n) is 1.23. The second-order valence-electron chi connectivity index (χ2n) is 2.44. The normalized spacial score (nSPS) is 13.3. The van der Waals surface area contributed by atoms with E-state index in [1.807, 2.05) is 13.8 Å². The van der Waals surface area contributed by atoms with Crippen LogP contribution in [0.15, 0.2) is 0 Å². The minimum Gasteiger partial charge on any atom is -0.465 e. The Balaban J connectivity index is 3.71. The zero-order valence-corrected chi connectivity index (χ0v) is 6.46. The first kappa shape index (κ1) is 9.43. The SMILES string of the molecule is [CH2]COC(=O)C(N)C(C)C. The second kappa shape index (κ2) is 4.28. The van der Waals surface area contributed by atoms with Gasteiger partial charge in [-0.15, -0.1) is 0 Å². The van der Waals surface area contributed by atoms with Crippen LogP contribution in [0.5, 0.6) is 0 Å². The summed E-state index contributed by atoms with van der Waals surface area (Å²) >= 11 is 0. The van der Waals surface area contributed by atoms with E-state index in [1.54, 1.807) is 0 Å². The number of hydrogen-bond donors (Lipinski definition) is 1. The summed E-state index contributed by atoms with van der Waals surface area (Å²) < 4.78 is 4.59. The maximum atomic E-state index is 10.8. The molecule has 3 heteroatoms. The molecule has 59 valence electrons. The van der Waals surface area contributed by atoms with Crippen LogP contribution >= 0.6 is 0 Å². The van der Waals surface area contributed by atoms with Gasteiger partial charge in [0.1, 0.15) is 6.04 Å². The molecule has 0 aromatic heterocycles. The summed E-state index contributed by atoms with van der Waals surface area (Å²) in [5, 5.41) is 0. The van der Waals surface area contributed by atoms with Crippen molar-refractivity contribution in [1.29, 1.82) is 0 Å². The molecule has 1 atom stereocenters. The van der Waals surface area contributed by atoms with Crippen molar-refractivity contribution in [1.82, 2.24) is 0 Å². The molecule has 0 rings (SSSR count). The Morgan fingerprint density at radius 2 is 2.20 bits per heavy atom. The van der Waals surface area contributed by atoms with Crippen LogP contribution < -0.4 is 5.73 Å². The van der Waals surface area contributed by atoms with E-state index in [1.165, 1.54) is 0 Å². The summed E-state index contributed by atoms with van der Waals surface area (Å²) in [6.07, 6.45) is 0. The summed E-state index contributed by atoms with van der Waals surface area (Å²) in [5.41, 5.74) is 5.44. The molecule has 0 aromatic rings. The average molecular weight is 144 g/mol. The van der Waals surface area contributed by atoms with E-state index >= 15 is 0 Å². The Labute approximate surface area is 61.5 Å². The molecule has 0 bridgehead atoms. The van der Waals surface area contributed by atoms with Crippen LogP contribution in [0.2, 0.25) is 0 Å². The molecular weight excluding hydrogens is 130 g/mol. The number of carbonyl (C=O) groups excluding carboxylic acids is 1. The van der Waals surface area contributed by atoms with Gasteiger partial charge < -0.3 is 10.5 Å². The monoisotopic (exact) mass is 144 g/mol. The van der Waals surface area contributed by atoms with Gasteiger partial charge in [-0.25, -0.2) is 0 Å². The van der Waals surface area contributed by atoms with Crippen LogP contribution in [0.3, 0.4) is 0 Å². The van der Waals surface area contributed by atoms with E-state index in [2.05, 4.69) is 11.7 Å². The minimum atomic E-state index is -0.512. The van der Waals surface area contributed by atoms with Gasteiger partial charge in [0, 0.05) is 0 Å². The molecule has 0 amide bonds. The maximum Gasteiger partial charge on any atom is 0.323 e. The third-order valence-corrected chi connectivity index (χ3v) is 1.23. The largest absolute Gasteiger partial charge is 0.465 e. The highest BCUT2D eigenvalue weighted by atomic mass is 16.5. The third kappa shape index (κ3) is 2.82. The Hall–Kier alpha value is -0.570. The summed E-state index contributed by atoms with van der Waals surface area (Å²) in [6, 6.07) is -0.512. The van der Waals surface area contributed by atoms with Crippen molar-refractivity contribution in [2.45, 2.75) is 19.9 Å². The minimum absolute atomic E-state index is 0.124. The Morgan fingerprint density at radius 3 is 2.50 bits per heavy atom. The van der Waals surface area contributed by atoms with Crippen LogP contribution in [-0.2, 0) is 9.53 Å². The molecule has 10 heavy (non-hydrogen) atoms. The number of hydrogen-bond acceptors (Lipinski definition) is 3. The molecule has 0 spiro atoms. The molecule has 0 aliphatic heterocycles. The lowest BCUT2D eigenvalue weighted by atomic mass is 10.1. The van der Waals surface area contributed by atoms with E-state index in [4.69, 9.17) is 5.73 Å². The van der Waals surface area contributed by atoms with Crippen molar-refractivity contribution in [3.8, 4) is 0 Å². The molecule has 0 aliphatic rings. The number of esters is 1. The first-order valence-corrected chi connectivity index (χ1v) is 3.31. The van der Waals surface area contributed by atoms with Crippen molar-refractivity contribution in [2.24, 2.45) is 11.7 Å². The lowest BCUT2D eigenvalue weighted by Crippen LogP contribution is -2.36. The van der Waals surface area contributed by atoms with Gasteiger partial charge >= 0.3 is 5.97 Å². The molecule has 0 aromatic carbocycles. The zero-order chi connectivity index (χ0) is 8.15. The fraction of sp³-hybridized carbons (Fsp3) is 0.714. The van der Waals surface area contributed by atoms with Crippen LogP contribution in [0, 0.1) is 12.8 Å². The second-order valence-corrected chi connectivity index (χ2v) is 2.44. The number of rotatable bonds is 3. The summed E-state index contributed by atoms with van der Waals surface area (Å²) in [6.45, 7) is 7.26. The van der Waals surface area contributed by atoms with Crippen molar-refractivity contribution >= 4 is 5.97 Å². The number of carbonyl (C=O) groups is 1. The summed E-state index contributed by atoms with van der Waals surface area (Å²) in [5.74, 6) is -0.246. The first-order valence-electron chi connectivity index (χ1n) is 3.31. The lowest BCUT2D eigenvalue weighted by Gasteiger charge is -2.12. The van der Waals surface area contributed by atoms with Gasteiger partial charge in [0.25, 0.3) is 0 Å².